The van der Waals surface area contributed by atoms with E-state index in [9.17, 15) is 13.2 Å². The molecule has 2 rings (SSSR count). The van der Waals surface area contributed by atoms with Crippen LogP contribution in [-0.2, 0) is 6.18 Å². The number of alkyl halides is 3. The predicted octanol–water partition coefficient (Wildman–Crippen LogP) is 4.27. The van der Waals surface area contributed by atoms with Crippen molar-refractivity contribution < 1.29 is 13.2 Å². The highest BCUT2D eigenvalue weighted by Gasteiger charge is 2.31. The summed E-state index contributed by atoms with van der Waals surface area (Å²) in [6.07, 6.45) is 2.25. The molecule has 1 heterocycles. The van der Waals surface area contributed by atoms with Crippen LogP contribution in [0.3, 0.4) is 0 Å². The topological polar surface area (TPSA) is 24.9 Å². The smallest absolute Gasteiger partial charge is 0.367 e. The molecule has 0 saturated heterocycles. The van der Waals surface area contributed by atoms with E-state index in [1.807, 2.05) is 6.08 Å². The van der Waals surface area contributed by atoms with Gasteiger partial charge in [-0.3, -0.25) is 0 Å². The number of halogens is 4. The molecule has 0 fully saturated rings. The summed E-state index contributed by atoms with van der Waals surface area (Å²) >= 11 is 5.61. The summed E-state index contributed by atoms with van der Waals surface area (Å²) in [5, 5.41) is 2.83. The molecule has 0 spiro atoms. The molecule has 0 amide bonds. The fraction of sp³-hybridized carbons (Fsp3) is 0.417. The van der Waals surface area contributed by atoms with Gasteiger partial charge in [0.25, 0.3) is 0 Å². The van der Waals surface area contributed by atoms with Crippen molar-refractivity contribution in [2.24, 2.45) is 0 Å². The summed E-state index contributed by atoms with van der Waals surface area (Å²) in [6.45, 7) is 0. The number of rotatable bonds is 2. The van der Waals surface area contributed by atoms with E-state index < -0.39 is 11.7 Å². The minimum atomic E-state index is -4.41. The Morgan fingerprint density at radius 3 is 2.67 bits per heavy atom. The molecule has 98 valence electrons. The molecule has 0 radical (unpaired) electrons. The summed E-state index contributed by atoms with van der Waals surface area (Å²) in [7, 11) is 0. The van der Waals surface area contributed by atoms with E-state index in [0.29, 0.717) is 0 Å². The van der Waals surface area contributed by atoms with Crippen LogP contribution in [0.15, 0.2) is 24.3 Å². The van der Waals surface area contributed by atoms with Gasteiger partial charge in [-0.25, -0.2) is 4.98 Å². The van der Waals surface area contributed by atoms with Crippen molar-refractivity contribution in [1.82, 2.24) is 4.98 Å². The quantitative estimate of drug-likeness (QED) is 0.644. The maximum atomic E-state index is 12.6. The number of nitrogens with one attached hydrogen (secondary N) is 1. The molecular weight excluding hydrogens is 265 g/mol. The van der Waals surface area contributed by atoms with Gasteiger partial charge in [0, 0.05) is 6.04 Å². The van der Waals surface area contributed by atoms with Crippen LogP contribution in [0.25, 0.3) is 0 Å². The number of nitrogens with zero attached hydrogens (tertiary/aromatic N) is 1. The normalized spacial score (nSPS) is 19.9. The minimum absolute atomic E-state index is 0.113. The molecule has 1 aromatic heterocycles. The zero-order valence-corrected chi connectivity index (χ0v) is 10.2. The van der Waals surface area contributed by atoms with Gasteiger partial charge in [0.2, 0.25) is 0 Å². The second kappa shape index (κ2) is 5.18. The zero-order chi connectivity index (χ0) is 13.2. The maximum Gasteiger partial charge on any atom is 0.416 e. The van der Waals surface area contributed by atoms with E-state index in [4.69, 9.17) is 11.6 Å². The Kier molecular flexibility index (Phi) is 3.80. The van der Waals surface area contributed by atoms with Crippen LogP contribution in [0, 0.1) is 0 Å². The highest BCUT2D eigenvalue weighted by molar-refractivity contribution is 6.29. The second-order valence-electron chi connectivity index (χ2n) is 4.19. The Balaban J connectivity index is 2.17. The molecule has 0 saturated carbocycles. The lowest BCUT2D eigenvalue weighted by Crippen LogP contribution is -2.21. The van der Waals surface area contributed by atoms with Crippen molar-refractivity contribution in [3.63, 3.8) is 0 Å². The van der Waals surface area contributed by atoms with Gasteiger partial charge in [0.1, 0.15) is 11.0 Å². The lowest BCUT2D eigenvalue weighted by atomic mass is 10.0. The van der Waals surface area contributed by atoms with Gasteiger partial charge in [0.15, 0.2) is 0 Å². The largest absolute Gasteiger partial charge is 0.416 e. The maximum absolute atomic E-state index is 12.6. The van der Waals surface area contributed by atoms with Crippen LogP contribution in [0.5, 0.6) is 0 Å². The highest BCUT2D eigenvalue weighted by atomic mass is 35.5. The molecule has 1 N–H and O–H groups in total. The van der Waals surface area contributed by atoms with Gasteiger partial charge in [-0.2, -0.15) is 13.2 Å². The number of anilines is 1. The number of allylic oxidation sites excluding steroid dienone is 1. The lowest BCUT2D eigenvalue weighted by molar-refractivity contribution is -0.137. The van der Waals surface area contributed by atoms with Crippen molar-refractivity contribution in [3.05, 3.63) is 35.0 Å². The van der Waals surface area contributed by atoms with Gasteiger partial charge in [-0.1, -0.05) is 23.8 Å². The van der Waals surface area contributed by atoms with E-state index in [-0.39, 0.29) is 17.0 Å². The van der Waals surface area contributed by atoms with Gasteiger partial charge in [-0.05, 0) is 31.4 Å². The highest BCUT2D eigenvalue weighted by Crippen LogP contribution is 2.32. The van der Waals surface area contributed by atoms with Crippen molar-refractivity contribution in [2.75, 3.05) is 5.32 Å². The molecule has 1 aliphatic rings. The summed E-state index contributed by atoms with van der Waals surface area (Å²) in [4.78, 5) is 3.87. The van der Waals surface area contributed by atoms with Crippen LogP contribution in [-0.4, -0.2) is 11.0 Å². The average molecular weight is 277 g/mol. The fourth-order valence-corrected chi connectivity index (χ4v) is 2.08. The first-order valence-electron chi connectivity index (χ1n) is 5.61. The first kappa shape index (κ1) is 13.2. The Morgan fingerprint density at radius 2 is 2.06 bits per heavy atom. The molecule has 6 heteroatoms. The lowest BCUT2D eigenvalue weighted by Gasteiger charge is -2.20. The van der Waals surface area contributed by atoms with E-state index in [1.165, 1.54) is 0 Å². The van der Waals surface area contributed by atoms with Gasteiger partial charge in [0.05, 0.1) is 5.56 Å². The van der Waals surface area contributed by atoms with Crippen LogP contribution in [0.2, 0.25) is 5.15 Å². The number of pyridine rings is 1. The van der Waals surface area contributed by atoms with Crippen LogP contribution < -0.4 is 5.32 Å². The second-order valence-corrected chi connectivity index (χ2v) is 4.57. The van der Waals surface area contributed by atoms with E-state index in [0.717, 1.165) is 31.4 Å². The van der Waals surface area contributed by atoms with Crippen molar-refractivity contribution >= 4 is 17.4 Å². The molecule has 0 aromatic carbocycles. The Morgan fingerprint density at radius 1 is 1.28 bits per heavy atom. The van der Waals surface area contributed by atoms with Gasteiger partial charge < -0.3 is 5.32 Å². The third-order valence-corrected chi connectivity index (χ3v) is 2.94. The zero-order valence-electron chi connectivity index (χ0n) is 9.47. The van der Waals surface area contributed by atoms with Crippen molar-refractivity contribution in [1.29, 1.82) is 0 Å². The monoisotopic (exact) mass is 276 g/mol. The third kappa shape index (κ3) is 3.38. The SMILES string of the molecule is FC(F)(F)c1cc(Cl)nc(NC2CC=CCC2)c1. The van der Waals surface area contributed by atoms with E-state index in [1.54, 1.807) is 0 Å². The first-order valence-corrected chi connectivity index (χ1v) is 5.99. The van der Waals surface area contributed by atoms with E-state index >= 15 is 0 Å². The molecule has 2 nitrogen and oxygen atoms in total. The molecule has 0 bridgehead atoms. The molecule has 1 aromatic rings. The molecule has 18 heavy (non-hydrogen) atoms. The van der Waals surface area contributed by atoms with Gasteiger partial charge >= 0.3 is 6.18 Å². The van der Waals surface area contributed by atoms with Crippen LogP contribution >= 0.6 is 11.6 Å². The predicted molar refractivity (Wildman–Crippen MR) is 64.7 cm³/mol. The number of hydrogen-bond acceptors (Lipinski definition) is 2. The fourth-order valence-electron chi connectivity index (χ4n) is 1.87. The van der Waals surface area contributed by atoms with Crippen molar-refractivity contribution in [2.45, 2.75) is 31.5 Å². The van der Waals surface area contributed by atoms with Crippen molar-refractivity contribution in [3.8, 4) is 0 Å². The third-order valence-electron chi connectivity index (χ3n) is 2.74. The number of aromatic nitrogens is 1. The summed E-state index contributed by atoms with van der Waals surface area (Å²) in [5.41, 5.74) is -0.781. The molecule has 1 unspecified atom stereocenters. The molecule has 1 atom stereocenters. The Bertz CT molecular complexity index is 457. The first-order chi connectivity index (χ1) is 8.45. The Labute approximate surface area is 108 Å². The summed E-state index contributed by atoms with van der Waals surface area (Å²) in [6, 6.07) is 1.93. The molecule has 1 aliphatic carbocycles. The minimum Gasteiger partial charge on any atom is -0.367 e. The Hall–Kier alpha value is -1.23. The molecular formula is C12H12ClF3N2. The summed E-state index contributed by atoms with van der Waals surface area (Å²) in [5.74, 6) is 0.176. The van der Waals surface area contributed by atoms with E-state index in [2.05, 4.69) is 16.4 Å². The average Bonchev–Trinajstić information content (AvgIpc) is 2.28. The van der Waals surface area contributed by atoms with Crippen LogP contribution in [0.4, 0.5) is 19.0 Å². The van der Waals surface area contributed by atoms with Gasteiger partial charge in [-0.15, -0.1) is 0 Å². The summed E-state index contributed by atoms with van der Waals surface area (Å²) < 4.78 is 37.8. The number of hydrogen-bond donors (Lipinski definition) is 1. The van der Waals surface area contributed by atoms with Crippen LogP contribution in [0.1, 0.15) is 24.8 Å². The molecule has 0 aliphatic heterocycles. The standard InChI is InChI=1S/C12H12ClF3N2/c13-10-6-8(12(14,15)16)7-11(18-10)17-9-4-2-1-3-5-9/h1-2,6-7,9H,3-5H2,(H,17,18).